The summed E-state index contributed by atoms with van der Waals surface area (Å²) in [5.74, 6) is 0.728. The van der Waals surface area contributed by atoms with E-state index in [2.05, 4.69) is 31.1 Å². The fraction of sp³-hybridized carbons (Fsp3) is 0.700. The lowest BCUT2D eigenvalue weighted by Gasteiger charge is -2.17. The second kappa shape index (κ2) is 5.35. The zero-order valence-corrected chi connectivity index (χ0v) is 9.40. The average Bonchev–Trinajstić information content (AvgIpc) is 2.54. The van der Waals surface area contributed by atoms with Gasteiger partial charge in [0.25, 0.3) is 0 Å². The van der Waals surface area contributed by atoms with Crippen LogP contribution in [0.3, 0.4) is 0 Å². The number of hydrogen-bond donors (Lipinski definition) is 1. The molecule has 74 valence electrons. The maximum Gasteiger partial charge on any atom is 0.0794 e. The lowest BCUT2D eigenvalue weighted by Crippen LogP contribution is -2.21. The van der Waals surface area contributed by atoms with Crippen LogP contribution in [0, 0.1) is 5.92 Å². The number of rotatable bonds is 5. The van der Waals surface area contributed by atoms with E-state index in [1.54, 1.807) is 11.3 Å². The van der Waals surface area contributed by atoms with Crippen LogP contribution >= 0.6 is 11.3 Å². The molecular weight excluding hydrogens is 180 g/mol. The minimum absolute atomic E-state index is 0.498. The molecule has 0 fully saturated rings. The third kappa shape index (κ3) is 3.44. The molecule has 0 saturated carbocycles. The third-order valence-corrected chi connectivity index (χ3v) is 2.84. The standard InChI is InChI=1S/C10H18N2S/c1-4-12-9(5-8(2)3)10-6-11-7-13-10/h6-9,12H,4-5H2,1-3H3. The van der Waals surface area contributed by atoms with Crippen LogP contribution in [-0.4, -0.2) is 11.5 Å². The van der Waals surface area contributed by atoms with E-state index >= 15 is 0 Å². The molecule has 3 heteroatoms. The molecule has 0 amide bonds. The molecule has 13 heavy (non-hydrogen) atoms. The van der Waals surface area contributed by atoms with Crippen molar-refractivity contribution in [2.24, 2.45) is 5.92 Å². The lowest BCUT2D eigenvalue weighted by molar-refractivity contribution is 0.443. The van der Waals surface area contributed by atoms with E-state index in [-0.39, 0.29) is 0 Å². The van der Waals surface area contributed by atoms with Gasteiger partial charge in [-0.1, -0.05) is 20.8 Å². The summed E-state index contributed by atoms with van der Waals surface area (Å²) >= 11 is 1.74. The number of nitrogens with one attached hydrogen (secondary N) is 1. The fourth-order valence-electron chi connectivity index (χ4n) is 1.42. The minimum Gasteiger partial charge on any atom is -0.309 e. The maximum atomic E-state index is 4.11. The van der Waals surface area contributed by atoms with Crippen molar-refractivity contribution < 1.29 is 0 Å². The first-order valence-corrected chi connectivity index (χ1v) is 5.73. The van der Waals surface area contributed by atoms with E-state index in [1.807, 2.05) is 11.7 Å². The predicted molar refractivity (Wildman–Crippen MR) is 58.0 cm³/mol. The van der Waals surface area contributed by atoms with Crippen LogP contribution in [0.1, 0.15) is 38.1 Å². The number of hydrogen-bond acceptors (Lipinski definition) is 3. The van der Waals surface area contributed by atoms with Gasteiger partial charge >= 0.3 is 0 Å². The molecule has 1 aromatic rings. The van der Waals surface area contributed by atoms with Gasteiger partial charge < -0.3 is 5.32 Å². The van der Waals surface area contributed by atoms with Crippen LogP contribution in [0.15, 0.2) is 11.7 Å². The van der Waals surface area contributed by atoms with Crippen molar-refractivity contribution in [1.29, 1.82) is 0 Å². The summed E-state index contributed by atoms with van der Waals surface area (Å²) in [7, 11) is 0. The molecule has 0 saturated heterocycles. The normalized spacial score (nSPS) is 13.5. The Hall–Kier alpha value is -0.410. The molecule has 0 bridgehead atoms. The van der Waals surface area contributed by atoms with Gasteiger partial charge in [0, 0.05) is 17.1 Å². The highest BCUT2D eigenvalue weighted by Gasteiger charge is 2.12. The molecule has 1 unspecified atom stereocenters. The Kier molecular flexibility index (Phi) is 4.39. The SMILES string of the molecule is CCNC(CC(C)C)c1cncs1. The molecule has 1 aromatic heterocycles. The first-order chi connectivity index (χ1) is 6.24. The summed E-state index contributed by atoms with van der Waals surface area (Å²) in [5.41, 5.74) is 1.90. The van der Waals surface area contributed by atoms with Crippen LogP contribution in [0.5, 0.6) is 0 Å². The molecule has 1 atom stereocenters. The van der Waals surface area contributed by atoms with E-state index in [9.17, 15) is 0 Å². The van der Waals surface area contributed by atoms with Gasteiger partial charge in [-0.3, -0.25) is 4.98 Å². The van der Waals surface area contributed by atoms with Crippen LogP contribution in [0.4, 0.5) is 0 Å². The van der Waals surface area contributed by atoms with E-state index in [1.165, 1.54) is 11.3 Å². The quantitative estimate of drug-likeness (QED) is 0.787. The highest BCUT2D eigenvalue weighted by molar-refractivity contribution is 7.09. The van der Waals surface area contributed by atoms with Crippen molar-refractivity contribution in [3.05, 3.63) is 16.6 Å². The Morgan fingerprint density at radius 3 is 2.77 bits per heavy atom. The van der Waals surface area contributed by atoms with Gasteiger partial charge in [-0.15, -0.1) is 11.3 Å². The topological polar surface area (TPSA) is 24.9 Å². The Morgan fingerprint density at radius 2 is 2.31 bits per heavy atom. The predicted octanol–water partition coefficient (Wildman–Crippen LogP) is 2.84. The second-order valence-corrected chi connectivity index (χ2v) is 4.56. The first-order valence-electron chi connectivity index (χ1n) is 4.85. The zero-order chi connectivity index (χ0) is 9.68. The Morgan fingerprint density at radius 1 is 1.54 bits per heavy atom. The highest BCUT2D eigenvalue weighted by atomic mass is 32.1. The summed E-state index contributed by atoms with van der Waals surface area (Å²) < 4.78 is 0. The van der Waals surface area contributed by atoms with Crippen molar-refractivity contribution in [3.8, 4) is 0 Å². The molecule has 0 aliphatic carbocycles. The fourth-order valence-corrected chi connectivity index (χ4v) is 2.12. The van der Waals surface area contributed by atoms with Crippen molar-refractivity contribution in [3.63, 3.8) is 0 Å². The second-order valence-electron chi connectivity index (χ2n) is 3.64. The monoisotopic (exact) mass is 198 g/mol. The minimum atomic E-state index is 0.498. The lowest BCUT2D eigenvalue weighted by atomic mass is 10.0. The summed E-state index contributed by atoms with van der Waals surface area (Å²) in [6.45, 7) is 7.68. The molecule has 1 heterocycles. The number of nitrogens with zero attached hydrogens (tertiary/aromatic N) is 1. The summed E-state index contributed by atoms with van der Waals surface area (Å²) in [5, 5.41) is 3.49. The molecule has 0 aliphatic rings. The molecule has 2 nitrogen and oxygen atoms in total. The van der Waals surface area contributed by atoms with Crippen LogP contribution in [0.25, 0.3) is 0 Å². The molecule has 0 aliphatic heterocycles. The molecular formula is C10H18N2S. The van der Waals surface area contributed by atoms with Crippen molar-refractivity contribution in [2.75, 3.05) is 6.54 Å². The van der Waals surface area contributed by atoms with Crippen molar-refractivity contribution >= 4 is 11.3 Å². The third-order valence-electron chi connectivity index (χ3n) is 1.95. The van der Waals surface area contributed by atoms with Gasteiger partial charge in [0.15, 0.2) is 0 Å². The van der Waals surface area contributed by atoms with Gasteiger partial charge in [-0.05, 0) is 18.9 Å². The highest BCUT2D eigenvalue weighted by Crippen LogP contribution is 2.23. The van der Waals surface area contributed by atoms with Gasteiger partial charge in [0.2, 0.25) is 0 Å². The van der Waals surface area contributed by atoms with Crippen molar-refractivity contribution in [1.82, 2.24) is 10.3 Å². The van der Waals surface area contributed by atoms with Crippen LogP contribution in [0.2, 0.25) is 0 Å². The van der Waals surface area contributed by atoms with Crippen molar-refractivity contribution in [2.45, 2.75) is 33.2 Å². The number of thiazole rings is 1. The zero-order valence-electron chi connectivity index (χ0n) is 8.58. The smallest absolute Gasteiger partial charge is 0.0794 e. The largest absolute Gasteiger partial charge is 0.309 e. The van der Waals surface area contributed by atoms with E-state index < -0.39 is 0 Å². The molecule has 1 N–H and O–H groups in total. The summed E-state index contributed by atoms with van der Waals surface area (Å²) in [6, 6.07) is 0.498. The van der Waals surface area contributed by atoms with E-state index in [0.717, 1.165) is 12.5 Å². The Balaban J connectivity index is 2.57. The molecule has 0 radical (unpaired) electrons. The number of aromatic nitrogens is 1. The molecule has 0 aromatic carbocycles. The van der Waals surface area contributed by atoms with Gasteiger partial charge in [0.05, 0.1) is 5.51 Å². The van der Waals surface area contributed by atoms with Gasteiger partial charge in [0.1, 0.15) is 0 Å². The molecule has 1 rings (SSSR count). The van der Waals surface area contributed by atoms with Crippen LogP contribution in [-0.2, 0) is 0 Å². The maximum absolute atomic E-state index is 4.11. The summed E-state index contributed by atoms with van der Waals surface area (Å²) in [4.78, 5) is 5.47. The summed E-state index contributed by atoms with van der Waals surface area (Å²) in [6.07, 6.45) is 3.16. The van der Waals surface area contributed by atoms with Gasteiger partial charge in [-0.2, -0.15) is 0 Å². The van der Waals surface area contributed by atoms with E-state index in [0.29, 0.717) is 6.04 Å². The molecule has 0 spiro atoms. The average molecular weight is 198 g/mol. The Bertz CT molecular complexity index is 219. The van der Waals surface area contributed by atoms with E-state index in [4.69, 9.17) is 0 Å². The van der Waals surface area contributed by atoms with Crippen LogP contribution < -0.4 is 5.32 Å². The Labute approximate surface area is 84.4 Å². The van der Waals surface area contributed by atoms with Gasteiger partial charge in [-0.25, -0.2) is 0 Å². The first kappa shape index (κ1) is 10.7.